The fraction of sp³-hybridized carbons (Fsp3) is 1.00. The Hall–Kier alpha value is -0.120. The summed E-state index contributed by atoms with van der Waals surface area (Å²) in [6.07, 6.45) is 3.78. The zero-order valence-electron chi connectivity index (χ0n) is 11.8. The van der Waals surface area contributed by atoms with Crippen molar-refractivity contribution in [3.63, 3.8) is 0 Å². The number of nitrogens with zero attached hydrogens (tertiary/aromatic N) is 1. The van der Waals surface area contributed by atoms with Crippen molar-refractivity contribution in [2.24, 2.45) is 0 Å². The molecule has 0 aliphatic rings. The molecule has 0 saturated heterocycles. The minimum absolute atomic E-state index is 0.603. The van der Waals surface area contributed by atoms with E-state index in [1.807, 2.05) is 0 Å². The number of hydrogen-bond acceptors (Lipinski definition) is 3. The highest BCUT2D eigenvalue weighted by molar-refractivity contribution is 4.68. The van der Waals surface area contributed by atoms with E-state index in [-0.39, 0.29) is 0 Å². The fourth-order valence-electron chi connectivity index (χ4n) is 1.78. The first-order chi connectivity index (χ1) is 7.56. The second kappa shape index (κ2) is 10.1. The third-order valence-corrected chi connectivity index (χ3v) is 2.70. The van der Waals surface area contributed by atoms with Crippen molar-refractivity contribution in [2.75, 3.05) is 33.7 Å². The van der Waals surface area contributed by atoms with Crippen LogP contribution in [-0.4, -0.2) is 50.7 Å². The van der Waals surface area contributed by atoms with Crippen LogP contribution in [0.5, 0.6) is 0 Å². The molecule has 0 aliphatic carbocycles. The summed E-state index contributed by atoms with van der Waals surface area (Å²) in [5.74, 6) is 0. The van der Waals surface area contributed by atoms with Gasteiger partial charge < -0.3 is 15.5 Å². The van der Waals surface area contributed by atoms with Gasteiger partial charge in [-0.15, -0.1) is 0 Å². The third kappa shape index (κ3) is 10.4. The Balaban J connectivity index is 3.34. The summed E-state index contributed by atoms with van der Waals surface area (Å²) in [7, 11) is 4.22. The molecule has 0 amide bonds. The first-order valence-corrected chi connectivity index (χ1v) is 6.67. The molecule has 1 unspecified atom stereocenters. The predicted molar refractivity (Wildman–Crippen MR) is 73.0 cm³/mol. The fourth-order valence-corrected chi connectivity index (χ4v) is 1.78. The molecule has 0 bridgehead atoms. The van der Waals surface area contributed by atoms with E-state index in [1.54, 1.807) is 0 Å². The molecule has 0 aromatic carbocycles. The highest BCUT2D eigenvalue weighted by Gasteiger charge is 2.06. The van der Waals surface area contributed by atoms with Gasteiger partial charge in [-0.1, -0.05) is 20.8 Å². The van der Waals surface area contributed by atoms with Crippen molar-refractivity contribution in [2.45, 2.75) is 52.1 Å². The summed E-state index contributed by atoms with van der Waals surface area (Å²) in [6, 6.07) is 1.29. The summed E-state index contributed by atoms with van der Waals surface area (Å²) in [4.78, 5) is 2.21. The lowest BCUT2D eigenvalue weighted by Crippen LogP contribution is -2.35. The van der Waals surface area contributed by atoms with Gasteiger partial charge in [0, 0.05) is 25.2 Å². The van der Waals surface area contributed by atoms with E-state index in [0.29, 0.717) is 12.1 Å². The largest absolute Gasteiger partial charge is 0.315 e. The predicted octanol–water partition coefficient (Wildman–Crippen LogP) is 1.69. The Morgan fingerprint density at radius 2 is 1.81 bits per heavy atom. The number of nitrogens with one attached hydrogen (secondary N) is 2. The Morgan fingerprint density at radius 1 is 1.12 bits per heavy atom. The molecule has 0 spiro atoms. The van der Waals surface area contributed by atoms with Gasteiger partial charge in [-0.25, -0.2) is 0 Å². The molecule has 0 radical (unpaired) electrons. The summed E-state index contributed by atoms with van der Waals surface area (Å²) in [6.45, 7) is 10.1. The highest BCUT2D eigenvalue weighted by Crippen LogP contribution is 2.02. The molecule has 0 fully saturated rings. The quantitative estimate of drug-likeness (QED) is 0.558. The summed E-state index contributed by atoms with van der Waals surface area (Å²) in [5, 5.41) is 7.08. The topological polar surface area (TPSA) is 27.3 Å². The molecule has 0 aliphatic heterocycles. The minimum Gasteiger partial charge on any atom is -0.315 e. The molecule has 98 valence electrons. The van der Waals surface area contributed by atoms with Gasteiger partial charge in [0.05, 0.1) is 0 Å². The molecule has 1 atom stereocenters. The van der Waals surface area contributed by atoms with Crippen LogP contribution in [0.4, 0.5) is 0 Å². The maximum absolute atomic E-state index is 3.60. The van der Waals surface area contributed by atoms with E-state index < -0.39 is 0 Å². The van der Waals surface area contributed by atoms with Crippen LogP contribution in [0.2, 0.25) is 0 Å². The van der Waals surface area contributed by atoms with Crippen LogP contribution in [0.25, 0.3) is 0 Å². The van der Waals surface area contributed by atoms with Crippen molar-refractivity contribution in [3.8, 4) is 0 Å². The van der Waals surface area contributed by atoms with Gasteiger partial charge >= 0.3 is 0 Å². The lowest BCUT2D eigenvalue weighted by Gasteiger charge is -2.19. The van der Waals surface area contributed by atoms with Crippen molar-refractivity contribution >= 4 is 0 Å². The molecule has 0 rings (SSSR count). The first-order valence-electron chi connectivity index (χ1n) is 6.67. The van der Waals surface area contributed by atoms with Crippen LogP contribution >= 0.6 is 0 Å². The van der Waals surface area contributed by atoms with Gasteiger partial charge in [-0.2, -0.15) is 0 Å². The molecule has 3 heteroatoms. The first kappa shape index (κ1) is 15.9. The monoisotopic (exact) mass is 229 g/mol. The number of rotatable bonds is 10. The summed E-state index contributed by atoms with van der Waals surface area (Å²) in [5.41, 5.74) is 0. The average Bonchev–Trinajstić information content (AvgIpc) is 2.20. The average molecular weight is 229 g/mol. The Bertz CT molecular complexity index is 146. The SMILES string of the molecule is CCC(CCCNCCN(C)C)NC(C)C. The zero-order valence-corrected chi connectivity index (χ0v) is 11.8. The Labute approximate surface area is 102 Å². The van der Waals surface area contributed by atoms with Crippen molar-refractivity contribution in [1.29, 1.82) is 0 Å². The molecule has 2 N–H and O–H groups in total. The second-order valence-corrected chi connectivity index (χ2v) is 5.12. The van der Waals surface area contributed by atoms with Crippen LogP contribution in [0.15, 0.2) is 0 Å². The van der Waals surface area contributed by atoms with E-state index in [0.717, 1.165) is 19.6 Å². The van der Waals surface area contributed by atoms with Gasteiger partial charge in [-0.3, -0.25) is 0 Å². The van der Waals surface area contributed by atoms with E-state index in [1.165, 1.54) is 19.3 Å². The van der Waals surface area contributed by atoms with Crippen LogP contribution < -0.4 is 10.6 Å². The number of hydrogen-bond donors (Lipinski definition) is 2. The van der Waals surface area contributed by atoms with Crippen LogP contribution in [0.3, 0.4) is 0 Å². The molecule has 0 saturated carbocycles. The molecule has 0 aromatic rings. The molecule has 0 aromatic heterocycles. The summed E-state index contributed by atoms with van der Waals surface area (Å²) >= 11 is 0. The van der Waals surface area contributed by atoms with E-state index in [2.05, 4.69) is 50.4 Å². The van der Waals surface area contributed by atoms with Gasteiger partial charge in [0.1, 0.15) is 0 Å². The summed E-state index contributed by atoms with van der Waals surface area (Å²) < 4.78 is 0. The number of likely N-dealkylation sites (N-methyl/N-ethyl adjacent to an activating group) is 1. The normalized spacial score (nSPS) is 13.7. The third-order valence-electron chi connectivity index (χ3n) is 2.70. The highest BCUT2D eigenvalue weighted by atomic mass is 15.1. The Morgan fingerprint density at radius 3 is 2.31 bits per heavy atom. The van der Waals surface area contributed by atoms with Crippen LogP contribution in [-0.2, 0) is 0 Å². The smallest absolute Gasteiger partial charge is 0.0101 e. The van der Waals surface area contributed by atoms with Crippen molar-refractivity contribution < 1.29 is 0 Å². The molecule has 0 heterocycles. The zero-order chi connectivity index (χ0) is 12.4. The van der Waals surface area contributed by atoms with Crippen molar-refractivity contribution in [3.05, 3.63) is 0 Å². The van der Waals surface area contributed by atoms with E-state index in [9.17, 15) is 0 Å². The maximum Gasteiger partial charge on any atom is 0.0101 e. The molecule has 16 heavy (non-hydrogen) atoms. The second-order valence-electron chi connectivity index (χ2n) is 5.12. The van der Waals surface area contributed by atoms with E-state index >= 15 is 0 Å². The van der Waals surface area contributed by atoms with Gasteiger partial charge in [0.2, 0.25) is 0 Å². The minimum atomic E-state index is 0.603. The van der Waals surface area contributed by atoms with Crippen LogP contribution in [0, 0.1) is 0 Å². The standard InChI is InChI=1S/C13H31N3/c1-6-13(15-12(2)3)8-7-9-14-10-11-16(4)5/h12-15H,6-11H2,1-5H3. The molecular formula is C13H31N3. The van der Waals surface area contributed by atoms with E-state index in [4.69, 9.17) is 0 Å². The van der Waals surface area contributed by atoms with Gasteiger partial charge in [-0.05, 0) is 39.9 Å². The molecule has 3 nitrogen and oxygen atoms in total. The lowest BCUT2D eigenvalue weighted by molar-refractivity contribution is 0.388. The van der Waals surface area contributed by atoms with Crippen molar-refractivity contribution in [1.82, 2.24) is 15.5 Å². The maximum atomic E-state index is 3.60. The van der Waals surface area contributed by atoms with Gasteiger partial charge in [0.25, 0.3) is 0 Å². The molecular weight excluding hydrogens is 198 g/mol. The van der Waals surface area contributed by atoms with Gasteiger partial charge in [0.15, 0.2) is 0 Å². The van der Waals surface area contributed by atoms with Crippen LogP contribution in [0.1, 0.15) is 40.0 Å². The lowest BCUT2D eigenvalue weighted by atomic mass is 10.1. The Kier molecular flexibility index (Phi) is 9.99.